The average molecular weight is 248 g/mol. The van der Waals surface area contributed by atoms with Crippen LogP contribution in [0.3, 0.4) is 0 Å². The highest BCUT2D eigenvalue weighted by Gasteiger charge is 2.29. The van der Waals surface area contributed by atoms with Gasteiger partial charge in [-0.1, -0.05) is 12.2 Å². The number of hydrogen-bond donors (Lipinski definition) is 1. The maximum absolute atomic E-state index is 11.6. The van der Waals surface area contributed by atoms with E-state index in [-0.39, 0.29) is 5.78 Å². The Morgan fingerprint density at radius 3 is 2.61 bits per heavy atom. The number of methoxy groups -OCH3 is 2. The molecule has 1 N–H and O–H groups in total. The minimum absolute atomic E-state index is 0.0402. The number of carbonyl (C=O) groups is 1. The molecule has 96 valence electrons. The second-order valence-electron chi connectivity index (χ2n) is 4.20. The molecule has 0 fully saturated rings. The monoisotopic (exact) mass is 248 g/mol. The summed E-state index contributed by atoms with van der Waals surface area (Å²) in [6.45, 7) is 1.50. The zero-order chi connectivity index (χ0) is 13.3. The van der Waals surface area contributed by atoms with Crippen molar-refractivity contribution >= 4 is 11.9 Å². The van der Waals surface area contributed by atoms with Crippen molar-refractivity contribution in [3.63, 3.8) is 0 Å². The van der Waals surface area contributed by atoms with Gasteiger partial charge in [-0.2, -0.15) is 0 Å². The van der Waals surface area contributed by atoms with Gasteiger partial charge in [0.1, 0.15) is 18.0 Å². The fourth-order valence-corrected chi connectivity index (χ4v) is 2.25. The molecule has 2 atom stereocenters. The maximum Gasteiger partial charge on any atom is 0.160 e. The average Bonchev–Trinajstić information content (AvgIpc) is 2.37. The highest BCUT2D eigenvalue weighted by Crippen LogP contribution is 2.38. The number of ether oxygens (including phenoxy) is 2. The van der Waals surface area contributed by atoms with Gasteiger partial charge in [-0.25, -0.2) is 0 Å². The Labute approximate surface area is 106 Å². The minimum Gasteiger partial charge on any atom is -0.496 e. The summed E-state index contributed by atoms with van der Waals surface area (Å²) >= 11 is 0. The Morgan fingerprint density at radius 1 is 1.33 bits per heavy atom. The van der Waals surface area contributed by atoms with Crippen LogP contribution in [0.2, 0.25) is 0 Å². The third-order valence-corrected chi connectivity index (χ3v) is 3.18. The van der Waals surface area contributed by atoms with Gasteiger partial charge < -0.3 is 14.6 Å². The lowest BCUT2D eigenvalue weighted by Gasteiger charge is -2.27. The summed E-state index contributed by atoms with van der Waals surface area (Å²) in [6.07, 6.45) is 2.30. The Morgan fingerprint density at radius 2 is 2.06 bits per heavy atom. The first-order valence-corrected chi connectivity index (χ1v) is 5.71. The molecular formula is C14H16O4. The van der Waals surface area contributed by atoms with E-state index in [2.05, 4.69) is 0 Å². The van der Waals surface area contributed by atoms with E-state index in [0.29, 0.717) is 22.4 Å². The van der Waals surface area contributed by atoms with E-state index in [1.54, 1.807) is 24.3 Å². The van der Waals surface area contributed by atoms with Crippen molar-refractivity contribution in [1.82, 2.24) is 0 Å². The molecule has 4 heteroatoms. The normalized spacial score (nSPS) is 21.6. The molecule has 2 rings (SSSR count). The molecule has 0 amide bonds. The number of ketones is 1. The summed E-state index contributed by atoms with van der Waals surface area (Å²) in [5, 5.41) is 10.3. The summed E-state index contributed by atoms with van der Waals surface area (Å²) in [6, 6.07) is 3.41. The topological polar surface area (TPSA) is 55.8 Å². The number of Topliss-reactive ketones (excluding diaryl/α,β-unsaturated/α-hetero) is 1. The van der Waals surface area contributed by atoms with E-state index in [1.165, 1.54) is 21.1 Å². The number of aliphatic hydroxyl groups excluding tert-OH is 1. The van der Waals surface area contributed by atoms with Gasteiger partial charge in [-0.05, 0) is 24.6 Å². The van der Waals surface area contributed by atoms with Gasteiger partial charge in [0.05, 0.1) is 7.11 Å². The van der Waals surface area contributed by atoms with Crippen molar-refractivity contribution < 1.29 is 19.4 Å². The van der Waals surface area contributed by atoms with Gasteiger partial charge in [0.25, 0.3) is 0 Å². The largest absolute Gasteiger partial charge is 0.496 e. The smallest absolute Gasteiger partial charge is 0.160 e. The van der Waals surface area contributed by atoms with E-state index in [9.17, 15) is 9.90 Å². The molecule has 18 heavy (non-hydrogen) atoms. The standard InChI is InChI=1S/C14H16O4/c1-8(15)9-4-6-11(17-2)13-10(9)5-7-12(18-3)14(13)16/h4-7,12,14,16H,1-3H3/t12-,14+/m0/s1. The van der Waals surface area contributed by atoms with Gasteiger partial charge in [0.2, 0.25) is 0 Å². The van der Waals surface area contributed by atoms with Gasteiger partial charge >= 0.3 is 0 Å². The molecule has 0 heterocycles. The van der Waals surface area contributed by atoms with Crippen molar-refractivity contribution in [1.29, 1.82) is 0 Å². The molecular weight excluding hydrogens is 232 g/mol. The molecule has 0 unspecified atom stereocenters. The SMILES string of the molecule is COc1ccc(C(C)=O)c2c1[C@H](O)[C@@H](OC)C=C2. The Bertz CT molecular complexity index is 505. The van der Waals surface area contributed by atoms with Crippen LogP contribution >= 0.6 is 0 Å². The zero-order valence-corrected chi connectivity index (χ0v) is 10.6. The lowest BCUT2D eigenvalue weighted by Crippen LogP contribution is -2.23. The Kier molecular flexibility index (Phi) is 3.50. The number of fused-ring (bicyclic) bond motifs is 1. The predicted molar refractivity (Wildman–Crippen MR) is 67.8 cm³/mol. The number of hydrogen-bond acceptors (Lipinski definition) is 4. The molecule has 0 aromatic heterocycles. The third kappa shape index (κ3) is 1.94. The highest BCUT2D eigenvalue weighted by atomic mass is 16.5. The minimum atomic E-state index is -0.829. The maximum atomic E-state index is 11.6. The molecule has 0 radical (unpaired) electrons. The fourth-order valence-electron chi connectivity index (χ4n) is 2.25. The van der Waals surface area contributed by atoms with Crippen LogP contribution in [0.4, 0.5) is 0 Å². The van der Waals surface area contributed by atoms with Crippen molar-refractivity contribution in [2.45, 2.75) is 19.1 Å². The number of rotatable bonds is 3. The summed E-state index contributed by atoms with van der Waals surface area (Å²) < 4.78 is 10.4. The molecule has 1 aliphatic rings. The molecule has 1 aliphatic carbocycles. The first kappa shape index (κ1) is 12.8. The number of benzene rings is 1. The number of aliphatic hydroxyl groups is 1. The lowest BCUT2D eigenvalue weighted by molar-refractivity contribution is 0.0137. The second-order valence-corrected chi connectivity index (χ2v) is 4.20. The van der Waals surface area contributed by atoms with Crippen LogP contribution in [0.25, 0.3) is 6.08 Å². The third-order valence-electron chi connectivity index (χ3n) is 3.18. The van der Waals surface area contributed by atoms with Crippen LogP contribution in [0, 0.1) is 0 Å². The van der Waals surface area contributed by atoms with Crippen molar-refractivity contribution in [3.05, 3.63) is 34.9 Å². The van der Waals surface area contributed by atoms with Gasteiger partial charge in [-0.3, -0.25) is 4.79 Å². The molecule has 0 spiro atoms. The van der Waals surface area contributed by atoms with E-state index < -0.39 is 12.2 Å². The molecule has 0 saturated carbocycles. The summed E-state index contributed by atoms with van der Waals surface area (Å²) in [5.74, 6) is 0.524. The highest BCUT2D eigenvalue weighted by molar-refractivity contribution is 5.99. The van der Waals surface area contributed by atoms with Crippen LogP contribution in [-0.4, -0.2) is 31.2 Å². The van der Waals surface area contributed by atoms with Crippen LogP contribution in [0.1, 0.15) is 34.5 Å². The van der Waals surface area contributed by atoms with Gasteiger partial charge in [0, 0.05) is 18.2 Å². The summed E-state index contributed by atoms with van der Waals surface area (Å²) in [4.78, 5) is 11.6. The lowest BCUT2D eigenvalue weighted by atomic mass is 9.87. The molecule has 0 saturated heterocycles. The first-order valence-electron chi connectivity index (χ1n) is 5.71. The van der Waals surface area contributed by atoms with E-state index in [0.717, 1.165) is 0 Å². The van der Waals surface area contributed by atoms with Gasteiger partial charge in [0.15, 0.2) is 5.78 Å². The van der Waals surface area contributed by atoms with Crippen LogP contribution in [0.5, 0.6) is 5.75 Å². The fraction of sp³-hybridized carbons (Fsp3) is 0.357. The van der Waals surface area contributed by atoms with E-state index in [1.807, 2.05) is 0 Å². The second kappa shape index (κ2) is 4.92. The molecule has 4 nitrogen and oxygen atoms in total. The van der Waals surface area contributed by atoms with E-state index in [4.69, 9.17) is 9.47 Å². The number of carbonyl (C=O) groups excluding carboxylic acids is 1. The Hall–Kier alpha value is -1.65. The van der Waals surface area contributed by atoms with Crippen LogP contribution < -0.4 is 4.74 Å². The molecule has 1 aromatic carbocycles. The summed E-state index contributed by atoms with van der Waals surface area (Å²) in [5.41, 5.74) is 1.90. The van der Waals surface area contributed by atoms with E-state index >= 15 is 0 Å². The Balaban J connectivity index is 2.65. The predicted octanol–water partition coefficient (Wildman–Crippen LogP) is 1.97. The first-order chi connectivity index (χ1) is 8.60. The quantitative estimate of drug-likeness (QED) is 0.831. The molecule has 0 bridgehead atoms. The van der Waals surface area contributed by atoms with Crippen molar-refractivity contribution in [2.75, 3.05) is 14.2 Å². The van der Waals surface area contributed by atoms with Crippen LogP contribution in [-0.2, 0) is 4.74 Å². The van der Waals surface area contributed by atoms with Crippen LogP contribution in [0.15, 0.2) is 18.2 Å². The van der Waals surface area contributed by atoms with Gasteiger partial charge in [-0.15, -0.1) is 0 Å². The molecule has 1 aromatic rings. The zero-order valence-electron chi connectivity index (χ0n) is 10.6. The van der Waals surface area contributed by atoms with Crippen molar-refractivity contribution in [2.24, 2.45) is 0 Å². The van der Waals surface area contributed by atoms with Crippen molar-refractivity contribution in [3.8, 4) is 5.75 Å². The summed E-state index contributed by atoms with van der Waals surface area (Å²) in [7, 11) is 3.07. The molecule has 0 aliphatic heterocycles.